The predicted molar refractivity (Wildman–Crippen MR) is 93.0 cm³/mol. The lowest BCUT2D eigenvalue weighted by atomic mass is 9.99. The Kier molecular flexibility index (Phi) is 5.71. The summed E-state index contributed by atoms with van der Waals surface area (Å²) in [5, 5.41) is 10.2. The average molecular weight is 337 g/mol. The van der Waals surface area contributed by atoms with E-state index in [1.165, 1.54) is 0 Å². The van der Waals surface area contributed by atoms with Crippen LogP contribution >= 0.6 is 0 Å². The Labute approximate surface area is 144 Å². The van der Waals surface area contributed by atoms with Crippen molar-refractivity contribution in [3.8, 4) is 0 Å². The zero-order valence-electron chi connectivity index (χ0n) is 15.8. The molecule has 6 nitrogen and oxygen atoms in total. The standard InChI is InChI=1S/C18H31N3O3/c1-7-14-10-21(17(22)16-12(3)19-13(4)24-16)15(8-2)9-20(14)11-18(5,6)23/h14-15,23H,7-11H2,1-6H3/t14-,15-/m1/s1. The van der Waals surface area contributed by atoms with Gasteiger partial charge in [-0.2, -0.15) is 0 Å². The Hall–Kier alpha value is -1.40. The molecule has 1 aliphatic heterocycles. The largest absolute Gasteiger partial charge is 0.436 e. The highest BCUT2D eigenvalue weighted by atomic mass is 16.4. The molecular formula is C18H31N3O3. The van der Waals surface area contributed by atoms with E-state index in [2.05, 4.69) is 23.7 Å². The first-order valence-corrected chi connectivity index (χ1v) is 8.87. The molecule has 1 aliphatic rings. The number of aliphatic hydroxyl groups is 1. The highest BCUT2D eigenvalue weighted by Gasteiger charge is 2.38. The van der Waals surface area contributed by atoms with Crippen LogP contribution in [0.2, 0.25) is 0 Å². The van der Waals surface area contributed by atoms with Crippen molar-refractivity contribution in [1.82, 2.24) is 14.8 Å². The second-order valence-electron chi connectivity index (χ2n) is 7.47. The molecule has 1 aromatic rings. The van der Waals surface area contributed by atoms with Gasteiger partial charge < -0.3 is 14.4 Å². The van der Waals surface area contributed by atoms with E-state index >= 15 is 0 Å². The van der Waals surface area contributed by atoms with Gasteiger partial charge in [0.1, 0.15) is 0 Å². The maximum absolute atomic E-state index is 13.0. The van der Waals surface area contributed by atoms with Crippen molar-refractivity contribution < 1.29 is 14.3 Å². The first-order valence-electron chi connectivity index (χ1n) is 8.87. The number of amides is 1. The molecule has 0 aromatic carbocycles. The van der Waals surface area contributed by atoms with Crippen LogP contribution in [0.3, 0.4) is 0 Å². The van der Waals surface area contributed by atoms with Gasteiger partial charge in [-0.1, -0.05) is 13.8 Å². The molecule has 1 amide bonds. The highest BCUT2D eigenvalue weighted by Crippen LogP contribution is 2.24. The van der Waals surface area contributed by atoms with Crippen LogP contribution in [0.1, 0.15) is 62.7 Å². The molecule has 6 heteroatoms. The summed E-state index contributed by atoms with van der Waals surface area (Å²) in [6.45, 7) is 13.5. The van der Waals surface area contributed by atoms with Crippen LogP contribution in [0.4, 0.5) is 0 Å². The normalized spacial score (nSPS) is 22.9. The summed E-state index contributed by atoms with van der Waals surface area (Å²) in [4.78, 5) is 21.5. The van der Waals surface area contributed by atoms with Gasteiger partial charge in [-0.3, -0.25) is 9.69 Å². The second kappa shape index (κ2) is 7.23. The summed E-state index contributed by atoms with van der Waals surface area (Å²) in [5.41, 5.74) is -0.0874. The van der Waals surface area contributed by atoms with E-state index < -0.39 is 5.60 Å². The molecule has 2 heterocycles. The van der Waals surface area contributed by atoms with Gasteiger partial charge in [0, 0.05) is 38.6 Å². The first kappa shape index (κ1) is 18.9. The smallest absolute Gasteiger partial charge is 0.291 e. The zero-order chi connectivity index (χ0) is 18.1. The van der Waals surface area contributed by atoms with Crippen LogP contribution in [-0.2, 0) is 0 Å². The maximum atomic E-state index is 13.0. The Bertz CT molecular complexity index is 577. The second-order valence-corrected chi connectivity index (χ2v) is 7.47. The molecule has 0 saturated carbocycles. The molecule has 0 spiro atoms. The SMILES string of the molecule is CC[C@@H]1CN(C(=O)c2oc(C)nc2C)[C@H](CC)CN1CC(C)(C)O. The molecule has 1 N–H and O–H groups in total. The number of hydrogen-bond acceptors (Lipinski definition) is 5. The number of oxazole rings is 1. The lowest BCUT2D eigenvalue weighted by Crippen LogP contribution is -2.61. The average Bonchev–Trinajstić information content (AvgIpc) is 2.83. The van der Waals surface area contributed by atoms with Gasteiger partial charge >= 0.3 is 0 Å². The molecule has 2 atom stereocenters. The monoisotopic (exact) mass is 337 g/mol. The minimum atomic E-state index is -0.740. The van der Waals surface area contributed by atoms with Crippen molar-refractivity contribution in [2.45, 2.75) is 72.1 Å². The Morgan fingerprint density at radius 3 is 2.33 bits per heavy atom. The number of carbonyl (C=O) groups excluding carboxylic acids is 1. The fraction of sp³-hybridized carbons (Fsp3) is 0.778. The molecule has 0 radical (unpaired) electrons. The summed E-state index contributed by atoms with van der Waals surface area (Å²) in [5.74, 6) is 0.814. The fourth-order valence-electron chi connectivity index (χ4n) is 3.55. The van der Waals surface area contributed by atoms with Gasteiger partial charge in [-0.15, -0.1) is 0 Å². The quantitative estimate of drug-likeness (QED) is 0.893. The van der Waals surface area contributed by atoms with Crippen LogP contribution in [0.5, 0.6) is 0 Å². The van der Waals surface area contributed by atoms with Gasteiger partial charge in [-0.25, -0.2) is 4.98 Å². The van der Waals surface area contributed by atoms with Gasteiger partial charge in [-0.05, 0) is 33.6 Å². The third-order valence-corrected chi connectivity index (χ3v) is 4.70. The van der Waals surface area contributed by atoms with Crippen LogP contribution in [0, 0.1) is 13.8 Å². The van der Waals surface area contributed by atoms with Crippen molar-refractivity contribution in [3.05, 3.63) is 17.3 Å². The van der Waals surface area contributed by atoms with Crippen molar-refractivity contribution in [2.75, 3.05) is 19.6 Å². The van der Waals surface area contributed by atoms with Crippen LogP contribution in [0.25, 0.3) is 0 Å². The Balaban J connectivity index is 2.22. The van der Waals surface area contributed by atoms with Gasteiger partial charge in [0.2, 0.25) is 5.76 Å². The van der Waals surface area contributed by atoms with E-state index in [0.717, 1.165) is 19.4 Å². The third kappa shape index (κ3) is 4.16. The molecule has 0 bridgehead atoms. The Morgan fingerprint density at radius 2 is 1.88 bits per heavy atom. The minimum Gasteiger partial charge on any atom is -0.436 e. The maximum Gasteiger partial charge on any atom is 0.291 e. The van der Waals surface area contributed by atoms with Crippen molar-refractivity contribution in [2.24, 2.45) is 0 Å². The molecule has 2 rings (SSSR count). The number of nitrogens with zero attached hydrogens (tertiary/aromatic N) is 3. The Morgan fingerprint density at radius 1 is 1.25 bits per heavy atom. The van der Waals surface area contributed by atoms with E-state index in [-0.39, 0.29) is 18.0 Å². The molecule has 0 unspecified atom stereocenters. The number of carbonyl (C=O) groups is 1. The molecule has 136 valence electrons. The van der Waals surface area contributed by atoms with Crippen LogP contribution in [-0.4, -0.2) is 63.1 Å². The number of aryl methyl sites for hydroxylation is 2. The number of aromatic nitrogens is 1. The molecule has 0 aliphatic carbocycles. The lowest BCUT2D eigenvalue weighted by molar-refractivity contribution is -0.0245. The lowest BCUT2D eigenvalue weighted by Gasteiger charge is -2.47. The summed E-state index contributed by atoms with van der Waals surface area (Å²) in [6.07, 6.45) is 1.81. The van der Waals surface area contributed by atoms with Gasteiger partial charge in [0.15, 0.2) is 5.89 Å². The minimum absolute atomic E-state index is 0.0682. The van der Waals surface area contributed by atoms with Crippen molar-refractivity contribution in [3.63, 3.8) is 0 Å². The summed E-state index contributed by atoms with van der Waals surface area (Å²) >= 11 is 0. The summed E-state index contributed by atoms with van der Waals surface area (Å²) < 4.78 is 5.54. The molecular weight excluding hydrogens is 306 g/mol. The van der Waals surface area contributed by atoms with Crippen LogP contribution in [0.15, 0.2) is 4.42 Å². The molecule has 1 fully saturated rings. The fourth-order valence-corrected chi connectivity index (χ4v) is 3.55. The van der Waals surface area contributed by atoms with E-state index in [9.17, 15) is 9.90 Å². The molecule has 24 heavy (non-hydrogen) atoms. The predicted octanol–water partition coefficient (Wildman–Crippen LogP) is 2.38. The summed E-state index contributed by atoms with van der Waals surface area (Å²) in [7, 11) is 0. The number of hydrogen-bond donors (Lipinski definition) is 1. The van der Waals surface area contributed by atoms with E-state index in [1.807, 2.05) is 25.7 Å². The molecule has 1 saturated heterocycles. The van der Waals surface area contributed by atoms with Crippen LogP contribution < -0.4 is 0 Å². The third-order valence-electron chi connectivity index (χ3n) is 4.70. The first-order chi connectivity index (χ1) is 11.2. The van der Waals surface area contributed by atoms with Gasteiger partial charge in [0.25, 0.3) is 5.91 Å². The van der Waals surface area contributed by atoms with Crippen molar-refractivity contribution >= 4 is 5.91 Å². The number of β-amino-alcohol motifs (C(OH)–C–C–N with tert-alkyl or cyclic N) is 1. The molecule has 1 aromatic heterocycles. The summed E-state index contributed by atoms with van der Waals surface area (Å²) in [6, 6.07) is 0.361. The highest BCUT2D eigenvalue weighted by molar-refractivity contribution is 5.92. The van der Waals surface area contributed by atoms with E-state index in [1.54, 1.807) is 6.92 Å². The van der Waals surface area contributed by atoms with Gasteiger partial charge in [0.05, 0.1) is 11.3 Å². The number of rotatable bonds is 5. The number of piperazine rings is 1. The zero-order valence-corrected chi connectivity index (χ0v) is 15.8. The van der Waals surface area contributed by atoms with E-state index in [4.69, 9.17) is 4.42 Å². The van der Waals surface area contributed by atoms with Crippen molar-refractivity contribution in [1.29, 1.82) is 0 Å². The topological polar surface area (TPSA) is 69.8 Å². The van der Waals surface area contributed by atoms with E-state index in [0.29, 0.717) is 30.4 Å².